The van der Waals surface area contributed by atoms with Crippen LogP contribution in [0.25, 0.3) is 0 Å². The summed E-state index contributed by atoms with van der Waals surface area (Å²) < 4.78 is 65.2. The molecule has 1 aromatic heterocycles. The number of aliphatic hydroxyl groups excluding tert-OH is 1. The minimum absolute atomic E-state index is 0.0666. The Kier molecular flexibility index (Phi) is 7.41. The number of carbonyl (C=O) groups is 1. The Morgan fingerprint density at radius 2 is 1.81 bits per heavy atom. The fourth-order valence-corrected chi connectivity index (χ4v) is 3.66. The number of likely N-dealkylation sites (tertiary alicyclic amines) is 1. The number of rotatable bonds is 7. The van der Waals surface area contributed by atoms with Gasteiger partial charge in [0.25, 0.3) is 5.91 Å². The van der Waals surface area contributed by atoms with E-state index in [2.05, 4.69) is 4.98 Å². The summed E-state index contributed by atoms with van der Waals surface area (Å²) in [6, 6.07) is 15.4. The summed E-state index contributed by atoms with van der Waals surface area (Å²) in [5, 5.41) is 9.65. The van der Waals surface area contributed by atoms with Gasteiger partial charge in [0.15, 0.2) is 11.5 Å². The number of nitrogens with zero attached hydrogens (tertiary/aromatic N) is 2. The number of amides is 1. The van der Waals surface area contributed by atoms with Crippen molar-refractivity contribution in [1.29, 1.82) is 0 Å². The molecule has 3 N–H and O–H groups in total. The molecule has 4 rings (SSSR count). The van der Waals surface area contributed by atoms with E-state index in [-0.39, 0.29) is 54.7 Å². The van der Waals surface area contributed by atoms with E-state index in [0.29, 0.717) is 0 Å². The number of pyridine rings is 1. The van der Waals surface area contributed by atoms with Crippen LogP contribution in [0.5, 0.6) is 17.4 Å². The predicted molar refractivity (Wildman–Crippen MR) is 121 cm³/mol. The summed E-state index contributed by atoms with van der Waals surface area (Å²) in [7, 11) is 0. The van der Waals surface area contributed by atoms with Gasteiger partial charge in [0.2, 0.25) is 5.88 Å². The molecular formula is C25H23F4N3O4. The average molecular weight is 505 g/mol. The van der Waals surface area contributed by atoms with Gasteiger partial charge in [0, 0.05) is 24.7 Å². The van der Waals surface area contributed by atoms with Crippen LogP contribution in [0, 0.1) is 0 Å². The van der Waals surface area contributed by atoms with Crippen LogP contribution in [0.1, 0.15) is 27.2 Å². The number of alkyl halides is 4. The first-order valence-corrected chi connectivity index (χ1v) is 11.0. The van der Waals surface area contributed by atoms with E-state index in [0.717, 1.165) is 16.5 Å². The highest BCUT2D eigenvalue weighted by atomic mass is 19.4. The topological polar surface area (TPSA) is 97.9 Å². The zero-order chi connectivity index (χ0) is 25.9. The van der Waals surface area contributed by atoms with E-state index in [9.17, 15) is 27.5 Å². The zero-order valence-corrected chi connectivity index (χ0v) is 18.9. The number of hydrogen-bond acceptors (Lipinski definition) is 6. The summed E-state index contributed by atoms with van der Waals surface area (Å²) in [5.41, 5.74) is 5.41. The summed E-state index contributed by atoms with van der Waals surface area (Å²) in [4.78, 5) is 17.6. The molecule has 1 fully saturated rings. The van der Waals surface area contributed by atoms with Crippen molar-refractivity contribution in [3.05, 3.63) is 83.0 Å². The highest BCUT2D eigenvalue weighted by Gasteiger charge is 2.35. The molecule has 3 aromatic rings. The fraction of sp³-hybridized carbons (Fsp3) is 0.280. The third-order valence-electron chi connectivity index (χ3n) is 5.54. The highest BCUT2D eigenvalue weighted by molar-refractivity contribution is 5.95. The Morgan fingerprint density at radius 1 is 1.06 bits per heavy atom. The molecule has 36 heavy (non-hydrogen) atoms. The number of aromatic nitrogens is 1. The van der Waals surface area contributed by atoms with Gasteiger partial charge in [-0.2, -0.15) is 13.2 Å². The van der Waals surface area contributed by atoms with Crippen molar-refractivity contribution in [3.8, 4) is 17.4 Å². The van der Waals surface area contributed by atoms with Crippen molar-refractivity contribution in [2.24, 2.45) is 5.73 Å². The van der Waals surface area contributed by atoms with Gasteiger partial charge in [-0.15, -0.1) is 0 Å². The second kappa shape index (κ2) is 10.5. The number of ether oxygens (including phenoxy) is 2. The first-order valence-electron chi connectivity index (χ1n) is 11.0. The predicted octanol–water partition coefficient (Wildman–Crippen LogP) is 4.09. The monoisotopic (exact) mass is 505 g/mol. The van der Waals surface area contributed by atoms with Gasteiger partial charge >= 0.3 is 6.18 Å². The number of nitrogens with two attached hydrogens (primary N) is 1. The van der Waals surface area contributed by atoms with E-state index < -0.39 is 30.1 Å². The lowest BCUT2D eigenvalue weighted by Gasteiger charge is -2.18. The number of carbonyl (C=O) groups excluding carboxylic acids is 1. The van der Waals surface area contributed by atoms with Crippen LogP contribution in [0.4, 0.5) is 17.6 Å². The van der Waals surface area contributed by atoms with Gasteiger partial charge < -0.3 is 25.2 Å². The number of benzene rings is 2. The molecule has 0 unspecified atom stereocenters. The lowest BCUT2D eigenvalue weighted by Crippen LogP contribution is -2.29. The van der Waals surface area contributed by atoms with Gasteiger partial charge in [-0.25, -0.2) is 9.37 Å². The average Bonchev–Trinajstić information content (AvgIpc) is 3.20. The molecule has 2 heterocycles. The van der Waals surface area contributed by atoms with Crippen molar-refractivity contribution in [3.63, 3.8) is 0 Å². The molecule has 2 aromatic carbocycles. The molecule has 7 nitrogen and oxygen atoms in total. The normalized spacial score (nSPS) is 17.8. The molecular weight excluding hydrogens is 482 g/mol. The Labute approximate surface area is 204 Å². The Bertz CT molecular complexity index is 1210. The number of β-amino-alcohol motifs (C(OH)–C–C–N with tert-alkyl or cyclic N) is 1. The maximum Gasteiger partial charge on any atom is 0.433 e. The molecule has 1 amide bonds. The Balaban J connectivity index is 1.67. The van der Waals surface area contributed by atoms with Crippen molar-refractivity contribution >= 4 is 5.91 Å². The summed E-state index contributed by atoms with van der Waals surface area (Å²) in [6.07, 6.45) is -7.59. The Hall–Kier alpha value is -3.70. The maximum atomic E-state index is 13.7. The van der Waals surface area contributed by atoms with Gasteiger partial charge in [0.1, 0.15) is 24.6 Å². The van der Waals surface area contributed by atoms with Crippen LogP contribution in [0.3, 0.4) is 0 Å². The van der Waals surface area contributed by atoms with E-state index >= 15 is 0 Å². The second-order valence-electron chi connectivity index (χ2n) is 8.23. The third-order valence-corrected chi connectivity index (χ3v) is 5.54. The first kappa shape index (κ1) is 25.4. The zero-order valence-electron chi connectivity index (χ0n) is 18.9. The second-order valence-corrected chi connectivity index (χ2v) is 8.23. The molecule has 1 saturated heterocycles. The van der Waals surface area contributed by atoms with Crippen LogP contribution in [-0.2, 0) is 19.3 Å². The molecule has 1 aliphatic heterocycles. The maximum absolute atomic E-state index is 13.7. The standard InChI is InChI=1S/C25H23F4N3O4/c26-18-12-32(13-19(18)33)24(34)17-6-7-20(35-14-15-4-2-1-3-5-15)21(10-17)36-23-9-16(11-30)8-22(31-23)25(27,28)29/h1-10,18-19,33H,11-14,30H2/t18-,19-/m1/s1. The quantitative estimate of drug-likeness (QED) is 0.470. The SMILES string of the molecule is NCc1cc(Oc2cc(C(=O)N3C[C@@H](O)[C@H](F)C3)ccc2OCc2ccccc2)nc(C(F)(F)F)c1. The van der Waals surface area contributed by atoms with Crippen molar-refractivity contribution < 1.29 is 36.9 Å². The van der Waals surface area contributed by atoms with Gasteiger partial charge in [-0.05, 0) is 35.4 Å². The summed E-state index contributed by atoms with van der Waals surface area (Å²) in [5.74, 6) is -0.884. The molecule has 0 radical (unpaired) electrons. The third kappa shape index (κ3) is 5.92. The molecule has 0 bridgehead atoms. The molecule has 0 aliphatic carbocycles. The van der Waals surface area contributed by atoms with E-state index in [1.807, 2.05) is 30.3 Å². The van der Waals surface area contributed by atoms with E-state index in [4.69, 9.17) is 15.2 Å². The Morgan fingerprint density at radius 3 is 2.44 bits per heavy atom. The molecule has 1 aliphatic rings. The van der Waals surface area contributed by atoms with Crippen LogP contribution in [0.15, 0.2) is 60.7 Å². The van der Waals surface area contributed by atoms with Crippen LogP contribution in [-0.4, -0.2) is 46.3 Å². The lowest BCUT2D eigenvalue weighted by molar-refractivity contribution is -0.141. The van der Waals surface area contributed by atoms with Crippen molar-refractivity contribution in [2.75, 3.05) is 13.1 Å². The summed E-state index contributed by atoms with van der Waals surface area (Å²) in [6.45, 7) is -0.523. The highest BCUT2D eigenvalue weighted by Crippen LogP contribution is 2.36. The molecule has 0 spiro atoms. The number of halogens is 4. The van der Waals surface area contributed by atoms with E-state index in [1.54, 1.807) is 0 Å². The van der Waals surface area contributed by atoms with Crippen molar-refractivity contribution in [2.45, 2.75) is 31.6 Å². The first-order chi connectivity index (χ1) is 17.1. The number of hydrogen-bond donors (Lipinski definition) is 2. The van der Waals surface area contributed by atoms with Crippen LogP contribution >= 0.6 is 0 Å². The smallest absolute Gasteiger partial charge is 0.433 e. The molecule has 0 saturated carbocycles. The van der Waals surface area contributed by atoms with Crippen LogP contribution in [0.2, 0.25) is 0 Å². The van der Waals surface area contributed by atoms with Gasteiger partial charge in [0.05, 0.1) is 6.54 Å². The van der Waals surface area contributed by atoms with Gasteiger partial charge in [-0.3, -0.25) is 4.79 Å². The molecule has 11 heteroatoms. The lowest BCUT2D eigenvalue weighted by atomic mass is 10.1. The molecule has 2 atom stereocenters. The minimum atomic E-state index is -4.73. The largest absolute Gasteiger partial charge is 0.485 e. The van der Waals surface area contributed by atoms with Crippen LogP contribution < -0.4 is 15.2 Å². The fourth-order valence-electron chi connectivity index (χ4n) is 3.66. The van der Waals surface area contributed by atoms with Crippen molar-refractivity contribution in [1.82, 2.24) is 9.88 Å². The van der Waals surface area contributed by atoms with E-state index in [1.165, 1.54) is 24.3 Å². The molecule has 190 valence electrons. The number of aliphatic hydroxyl groups is 1. The summed E-state index contributed by atoms with van der Waals surface area (Å²) >= 11 is 0. The minimum Gasteiger partial charge on any atom is -0.485 e. The van der Waals surface area contributed by atoms with Gasteiger partial charge in [-0.1, -0.05) is 30.3 Å².